The SMILES string of the molecule is Clc1cc(C2=NCCN2)ccc1OCc1ccccc1. The van der Waals surface area contributed by atoms with Crippen molar-refractivity contribution in [3.05, 3.63) is 64.7 Å². The summed E-state index contributed by atoms with van der Waals surface area (Å²) in [6, 6.07) is 15.8. The van der Waals surface area contributed by atoms with Gasteiger partial charge in [-0.05, 0) is 23.8 Å². The van der Waals surface area contributed by atoms with Crippen molar-refractivity contribution >= 4 is 17.4 Å². The number of rotatable bonds is 4. The lowest BCUT2D eigenvalue weighted by Crippen LogP contribution is -2.19. The van der Waals surface area contributed by atoms with Crippen LogP contribution in [0.15, 0.2) is 53.5 Å². The molecule has 0 spiro atoms. The largest absolute Gasteiger partial charge is 0.487 e. The summed E-state index contributed by atoms with van der Waals surface area (Å²) in [5.74, 6) is 1.60. The molecule has 4 heteroatoms. The van der Waals surface area contributed by atoms with Crippen LogP contribution in [0.1, 0.15) is 11.1 Å². The highest BCUT2D eigenvalue weighted by molar-refractivity contribution is 6.32. The highest BCUT2D eigenvalue weighted by atomic mass is 35.5. The minimum atomic E-state index is 0.513. The predicted molar refractivity (Wildman–Crippen MR) is 81.6 cm³/mol. The Kier molecular flexibility index (Phi) is 3.88. The molecule has 1 aliphatic heterocycles. The zero-order valence-electron chi connectivity index (χ0n) is 11.0. The molecule has 0 unspecified atom stereocenters. The van der Waals surface area contributed by atoms with Gasteiger partial charge in [0.15, 0.2) is 0 Å². The van der Waals surface area contributed by atoms with Crippen molar-refractivity contribution in [1.29, 1.82) is 0 Å². The number of halogens is 1. The van der Waals surface area contributed by atoms with Gasteiger partial charge in [-0.15, -0.1) is 0 Å². The number of hydrogen-bond donors (Lipinski definition) is 1. The quantitative estimate of drug-likeness (QED) is 0.936. The molecular weight excluding hydrogens is 272 g/mol. The minimum Gasteiger partial charge on any atom is -0.487 e. The Labute approximate surface area is 123 Å². The van der Waals surface area contributed by atoms with Crippen LogP contribution in [0.4, 0.5) is 0 Å². The van der Waals surface area contributed by atoms with Crippen molar-refractivity contribution in [3.8, 4) is 5.75 Å². The van der Waals surface area contributed by atoms with E-state index < -0.39 is 0 Å². The molecule has 1 heterocycles. The van der Waals surface area contributed by atoms with Crippen molar-refractivity contribution in [3.63, 3.8) is 0 Å². The van der Waals surface area contributed by atoms with Crippen LogP contribution in [0, 0.1) is 0 Å². The molecule has 0 fully saturated rings. The number of hydrogen-bond acceptors (Lipinski definition) is 3. The van der Waals surface area contributed by atoms with E-state index in [4.69, 9.17) is 16.3 Å². The van der Waals surface area contributed by atoms with E-state index in [9.17, 15) is 0 Å². The first-order chi connectivity index (χ1) is 9.83. The van der Waals surface area contributed by atoms with Gasteiger partial charge in [-0.1, -0.05) is 41.9 Å². The van der Waals surface area contributed by atoms with Gasteiger partial charge in [0, 0.05) is 12.1 Å². The van der Waals surface area contributed by atoms with Gasteiger partial charge in [-0.3, -0.25) is 4.99 Å². The second-order valence-corrected chi connectivity index (χ2v) is 4.98. The van der Waals surface area contributed by atoms with Gasteiger partial charge in [0.1, 0.15) is 18.2 Å². The van der Waals surface area contributed by atoms with Crippen LogP contribution in [0.3, 0.4) is 0 Å². The van der Waals surface area contributed by atoms with E-state index in [2.05, 4.69) is 10.3 Å². The Morgan fingerprint density at radius 2 is 2.00 bits per heavy atom. The highest BCUT2D eigenvalue weighted by Gasteiger charge is 2.10. The molecule has 3 nitrogen and oxygen atoms in total. The maximum atomic E-state index is 6.27. The van der Waals surface area contributed by atoms with E-state index >= 15 is 0 Å². The number of benzene rings is 2. The monoisotopic (exact) mass is 286 g/mol. The van der Waals surface area contributed by atoms with Crippen LogP contribution >= 0.6 is 11.6 Å². The van der Waals surface area contributed by atoms with Crippen LogP contribution < -0.4 is 10.1 Å². The number of ether oxygens (including phenoxy) is 1. The van der Waals surface area contributed by atoms with Crippen molar-refractivity contribution in [2.24, 2.45) is 4.99 Å². The molecule has 0 atom stereocenters. The lowest BCUT2D eigenvalue weighted by atomic mass is 10.2. The van der Waals surface area contributed by atoms with E-state index in [1.165, 1.54) is 0 Å². The molecule has 1 N–H and O–H groups in total. The molecule has 0 amide bonds. The summed E-state index contributed by atoms with van der Waals surface area (Å²) in [4.78, 5) is 4.38. The summed E-state index contributed by atoms with van der Waals surface area (Å²) in [5.41, 5.74) is 2.12. The third kappa shape index (κ3) is 2.94. The van der Waals surface area contributed by atoms with E-state index in [1.807, 2.05) is 48.5 Å². The van der Waals surface area contributed by atoms with Gasteiger partial charge in [-0.25, -0.2) is 0 Å². The summed E-state index contributed by atoms with van der Waals surface area (Å²) in [6.45, 7) is 2.22. The molecule has 0 aliphatic carbocycles. The second kappa shape index (κ2) is 5.97. The first-order valence-corrected chi connectivity index (χ1v) is 6.96. The third-order valence-electron chi connectivity index (χ3n) is 3.12. The van der Waals surface area contributed by atoms with Crippen molar-refractivity contribution in [2.45, 2.75) is 6.61 Å². The number of amidine groups is 1. The molecular formula is C16H15ClN2O. The fourth-order valence-electron chi connectivity index (χ4n) is 2.09. The lowest BCUT2D eigenvalue weighted by molar-refractivity contribution is 0.306. The molecule has 1 aliphatic rings. The molecule has 0 saturated heterocycles. The smallest absolute Gasteiger partial charge is 0.138 e. The number of nitrogens with one attached hydrogen (secondary N) is 1. The average Bonchev–Trinajstić information content (AvgIpc) is 3.01. The lowest BCUT2D eigenvalue weighted by Gasteiger charge is -2.10. The molecule has 102 valence electrons. The standard InChI is InChI=1S/C16H15ClN2O/c17-14-10-13(16-18-8-9-19-16)6-7-15(14)20-11-12-4-2-1-3-5-12/h1-7,10H,8-9,11H2,(H,18,19). The molecule has 0 saturated carbocycles. The van der Waals surface area contributed by atoms with Crippen molar-refractivity contribution in [2.75, 3.05) is 13.1 Å². The Hall–Kier alpha value is -2.00. The zero-order chi connectivity index (χ0) is 13.8. The topological polar surface area (TPSA) is 33.6 Å². The first-order valence-electron chi connectivity index (χ1n) is 6.58. The summed E-state index contributed by atoms with van der Waals surface area (Å²) < 4.78 is 5.75. The summed E-state index contributed by atoms with van der Waals surface area (Å²) in [7, 11) is 0. The van der Waals surface area contributed by atoms with Crippen molar-refractivity contribution < 1.29 is 4.74 Å². The van der Waals surface area contributed by atoms with Crippen LogP contribution in [0.25, 0.3) is 0 Å². The maximum Gasteiger partial charge on any atom is 0.138 e. The van der Waals surface area contributed by atoms with E-state index in [0.29, 0.717) is 17.4 Å². The van der Waals surface area contributed by atoms with Gasteiger partial charge in [0.2, 0.25) is 0 Å². The Bertz CT molecular complexity index is 626. The Morgan fingerprint density at radius 3 is 2.70 bits per heavy atom. The van der Waals surface area contributed by atoms with Gasteiger partial charge in [0.05, 0.1) is 11.6 Å². The van der Waals surface area contributed by atoms with Crippen molar-refractivity contribution in [1.82, 2.24) is 5.32 Å². The number of nitrogens with zero attached hydrogens (tertiary/aromatic N) is 1. The van der Waals surface area contributed by atoms with E-state index in [1.54, 1.807) is 0 Å². The van der Waals surface area contributed by atoms with E-state index in [0.717, 1.165) is 30.1 Å². The second-order valence-electron chi connectivity index (χ2n) is 4.58. The fourth-order valence-corrected chi connectivity index (χ4v) is 2.33. The third-order valence-corrected chi connectivity index (χ3v) is 3.41. The Balaban J connectivity index is 1.71. The minimum absolute atomic E-state index is 0.513. The molecule has 3 rings (SSSR count). The molecule has 0 aromatic heterocycles. The van der Waals surface area contributed by atoms with Crippen LogP contribution in [-0.4, -0.2) is 18.9 Å². The predicted octanol–water partition coefficient (Wildman–Crippen LogP) is 3.27. The fraction of sp³-hybridized carbons (Fsp3) is 0.188. The van der Waals surface area contributed by atoms with Gasteiger partial charge in [-0.2, -0.15) is 0 Å². The average molecular weight is 287 g/mol. The van der Waals surface area contributed by atoms with Gasteiger partial charge < -0.3 is 10.1 Å². The highest BCUT2D eigenvalue weighted by Crippen LogP contribution is 2.26. The zero-order valence-corrected chi connectivity index (χ0v) is 11.7. The normalized spacial score (nSPS) is 13.8. The maximum absolute atomic E-state index is 6.27. The molecule has 20 heavy (non-hydrogen) atoms. The summed E-state index contributed by atoms with van der Waals surface area (Å²) >= 11 is 6.27. The van der Waals surface area contributed by atoms with Crippen LogP contribution in [0.5, 0.6) is 5.75 Å². The molecule has 0 radical (unpaired) electrons. The van der Waals surface area contributed by atoms with Gasteiger partial charge in [0.25, 0.3) is 0 Å². The Morgan fingerprint density at radius 1 is 1.15 bits per heavy atom. The summed E-state index contributed by atoms with van der Waals surface area (Å²) in [5, 5.41) is 3.83. The van der Waals surface area contributed by atoms with E-state index in [-0.39, 0.29) is 0 Å². The number of aliphatic imine (C=N–C) groups is 1. The van der Waals surface area contributed by atoms with Gasteiger partial charge >= 0.3 is 0 Å². The molecule has 2 aromatic carbocycles. The summed E-state index contributed by atoms with van der Waals surface area (Å²) in [6.07, 6.45) is 0. The van der Waals surface area contributed by atoms with Crippen LogP contribution in [-0.2, 0) is 6.61 Å². The molecule has 2 aromatic rings. The first kappa shape index (κ1) is 13.0. The molecule has 0 bridgehead atoms. The van der Waals surface area contributed by atoms with Crippen LogP contribution in [0.2, 0.25) is 5.02 Å².